The van der Waals surface area contributed by atoms with Gasteiger partial charge in [-0.2, -0.15) is 0 Å². The first-order valence-electron chi connectivity index (χ1n) is 8.24. The van der Waals surface area contributed by atoms with E-state index in [4.69, 9.17) is 4.74 Å². The number of ether oxygens (including phenoxy) is 1. The van der Waals surface area contributed by atoms with Gasteiger partial charge in [0.2, 0.25) is 0 Å². The van der Waals surface area contributed by atoms with Crippen molar-refractivity contribution < 1.29 is 9.53 Å². The summed E-state index contributed by atoms with van der Waals surface area (Å²) in [5.41, 5.74) is 3.96. The zero-order valence-electron chi connectivity index (χ0n) is 13.4. The summed E-state index contributed by atoms with van der Waals surface area (Å²) in [5, 5.41) is 1.36. The van der Waals surface area contributed by atoms with Crippen molar-refractivity contribution in [2.45, 2.75) is 24.8 Å². The van der Waals surface area contributed by atoms with Gasteiger partial charge in [-0.1, -0.05) is 18.2 Å². The molecule has 2 aromatic rings. The number of methoxy groups -OCH3 is 1. The fourth-order valence-electron chi connectivity index (χ4n) is 4.51. The number of rotatable bonds is 3. The fraction of sp³-hybridized carbons (Fsp3) is 0.421. The van der Waals surface area contributed by atoms with E-state index in [0.29, 0.717) is 12.0 Å². The summed E-state index contributed by atoms with van der Waals surface area (Å²) in [6.07, 6.45) is 5.98. The summed E-state index contributed by atoms with van der Waals surface area (Å²) in [5.74, 6) is 0.223. The number of aromatic amines is 1. The molecule has 1 aliphatic heterocycles. The lowest BCUT2D eigenvalue weighted by Crippen LogP contribution is -2.51. The number of hydrogen-bond acceptors (Lipinski definition) is 3. The van der Waals surface area contributed by atoms with Crippen LogP contribution in [-0.2, 0) is 16.0 Å². The molecule has 23 heavy (non-hydrogen) atoms. The number of carbonyl (C=O) groups excluding carboxylic acids is 1. The average molecular weight is 310 g/mol. The van der Waals surface area contributed by atoms with E-state index >= 15 is 0 Å². The van der Waals surface area contributed by atoms with E-state index < -0.39 is 0 Å². The second kappa shape index (κ2) is 5.53. The van der Waals surface area contributed by atoms with E-state index in [1.807, 2.05) is 6.08 Å². The predicted molar refractivity (Wildman–Crippen MR) is 90.4 cm³/mol. The zero-order valence-corrected chi connectivity index (χ0v) is 13.4. The smallest absolute Gasteiger partial charge is 0.309 e. The third-order valence-electron chi connectivity index (χ3n) is 5.47. The van der Waals surface area contributed by atoms with E-state index in [9.17, 15) is 4.79 Å². The van der Waals surface area contributed by atoms with Gasteiger partial charge in [-0.15, -0.1) is 6.58 Å². The maximum absolute atomic E-state index is 12.1. The molecule has 0 saturated carbocycles. The molecule has 1 N–H and O–H groups in total. The number of benzene rings is 1. The summed E-state index contributed by atoms with van der Waals surface area (Å²) in [7, 11) is 1.48. The minimum Gasteiger partial charge on any atom is -0.469 e. The van der Waals surface area contributed by atoms with Crippen molar-refractivity contribution in [2.75, 3.05) is 20.2 Å². The molecule has 4 rings (SSSR count). The van der Waals surface area contributed by atoms with Crippen molar-refractivity contribution in [2.24, 2.45) is 5.92 Å². The van der Waals surface area contributed by atoms with Crippen LogP contribution in [0, 0.1) is 5.92 Å². The number of carbonyl (C=O) groups is 1. The molecule has 3 atom stereocenters. The highest BCUT2D eigenvalue weighted by Crippen LogP contribution is 2.44. The minimum absolute atomic E-state index is 0.0584. The summed E-state index contributed by atoms with van der Waals surface area (Å²) < 4.78 is 5.03. The number of aromatic nitrogens is 1. The average Bonchev–Trinajstić information content (AvgIpc) is 2.99. The Bertz CT molecular complexity index is 764. The van der Waals surface area contributed by atoms with Gasteiger partial charge < -0.3 is 9.72 Å². The molecule has 3 unspecified atom stereocenters. The number of nitrogens with zero attached hydrogens (tertiary/aromatic N) is 1. The van der Waals surface area contributed by atoms with Gasteiger partial charge in [0.25, 0.3) is 0 Å². The SMILES string of the molecule is C=CCN1CC(C(=O)OC)CC2c3cccc4[nH]cc(c34)CC21. The zero-order chi connectivity index (χ0) is 16.0. The molecule has 0 bridgehead atoms. The molecule has 120 valence electrons. The Hall–Kier alpha value is -2.07. The van der Waals surface area contributed by atoms with Crippen LogP contribution in [-0.4, -0.2) is 42.1 Å². The Morgan fingerprint density at radius 3 is 3.17 bits per heavy atom. The van der Waals surface area contributed by atoms with Gasteiger partial charge in [0.15, 0.2) is 0 Å². The molecule has 2 aliphatic rings. The molecule has 0 amide bonds. The van der Waals surface area contributed by atoms with Crippen LogP contribution >= 0.6 is 0 Å². The molecular weight excluding hydrogens is 288 g/mol. The van der Waals surface area contributed by atoms with E-state index in [0.717, 1.165) is 25.9 Å². The molecule has 1 aliphatic carbocycles. The van der Waals surface area contributed by atoms with Crippen LogP contribution in [0.3, 0.4) is 0 Å². The van der Waals surface area contributed by atoms with E-state index in [1.165, 1.54) is 29.1 Å². The van der Waals surface area contributed by atoms with Gasteiger partial charge in [-0.3, -0.25) is 9.69 Å². The number of piperidine rings is 1. The Morgan fingerprint density at radius 1 is 1.52 bits per heavy atom. The van der Waals surface area contributed by atoms with Crippen molar-refractivity contribution in [1.29, 1.82) is 0 Å². The molecule has 2 heterocycles. The van der Waals surface area contributed by atoms with Crippen molar-refractivity contribution in [3.05, 3.63) is 48.2 Å². The van der Waals surface area contributed by atoms with Gasteiger partial charge in [0.1, 0.15) is 0 Å². The number of hydrogen-bond donors (Lipinski definition) is 1. The monoisotopic (exact) mass is 310 g/mol. The summed E-state index contributed by atoms with van der Waals surface area (Å²) >= 11 is 0. The van der Waals surface area contributed by atoms with Crippen LogP contribution in [0.1, 0.15) is 23.5 Å². The topological polar surface area (TPSA) is 45.3 Å². The van der Waals surface area contributed by atoms with Crippen molar-refractivity contribution in [1.82, 2.24) is 9.88 Å². The first-order valence-corrected chi connectivity index (χ1v) is 8.24. The van der Waals surface area contributed by atoms with E-state index in [-0.39, 0.29) is 11.9 Å². The predicted octanol–water partition coefficient (Wildman–Crippen LogP) is 2.86. The highest BCUT2D eigenvalue weighted by Gasteiger charge is 2.42. The second-order valence-corrected chi connectivity index (χ2v) is 6.66. The number of likely N-dealkylation sites (tertiary alicyclic amines) is 1. The van der Waals surface area contributed by atoms with Gasteiger partial charge >= 0.3 is 5.97 Å². The first kappa shape index (κ1) is 14.5. The summed E-state index contributed by atoms with van der Waals surface area (Å²) in [4.78, 5) is 17.9. The first-order chi connectivity index (χ1) is 11.2. The highest BCUT2D eigenvalue weighted by molar-refractivity contribution is 5.88. The van der Waals surface area contributed by atoms with Crippen molar-refractivity contribution in [3.63, 3.8) is 0 Å². The normalized spacial score (nSPS) is 26.7. The fourth-order valence-corrected chi connectivity index (χ4v) is 4.51. The lowest BCUT2D eigenvalue weighted by atomic mass is 9.72. The van der Waals surface area contributed by atoms with E-state index in [2.05, 4.69) is 40.9 Å². The maximum atomic E-state index is 12.1. The molecular formula is C19H22N2O2. The van der Waals surface area contributed by atoms with E-state index in [1.54, 1.807) is 0 Å². The molecule has 4 heteroatoms. The van der Waals surface area contributed by atoms with Crippen LogP contribution in [0.25, 0.3) is 10.9 Å². The Labute approximate surface area is 136 Å². The van der Waals surface area contributed by atoms with Gasteiger partial charge in [-0.25, -0.2) is 0 Å². The van der Waals surface area contributed by atoms with Crippen LogP contribution in [0.5, 0.6) is 0 Å². The summed E-state index contributed by atoms with van der Waals surface area (Å²) in [6, 6.07) is 6.90. The maximum Gasteiger partial charge on any atom is 0.309 e. The highest BCUT2D eigenvalue weighted by atomic mass is 16.5. The largest absolute Gasteiger partial charge is 0.469 e. The van der Waals surface area contributed by atoms with Gasteiger partial charge in [0, 0.05) is 42.1 Å². The van der Waals surface area contributed by atoms with Crippen LogP contribution in [0.4, 0.5) is 0 Å². The molecule has 1 aromatic heterocycles. The van der Waals surface area contributed by atoms with Crippen LogP contribution in [0.2, 0.25) is 0 Å². The molecule has 1 saturated heterocycles. The third kappa shape index (κ3) is 2.20. The summed E-state index contributed by atoms with van der Waals surface area (Å²) in [6.45, 7) is 5.46. The van der Waals surface area contributed by atoms with Gasteiger partial charge in [0.05, 0.1) is 13.0 Å². The second-order valence-electron chi connectivity index (χ2n) is 6.66. The number of H-pyrrole nitrogens is 1. The number of fused-ring (bicyclic) bond motifs is 2. The molecule has 1 fully saturated rings. The molecule has 0 spiro atoms. The molecule has 4 nitrogen and oxygen atoms in total. The number of esters is 1. The Kier molecular flexibility index (Phi) is 3.49. The lowest BCUT2D eigenvalue weighted by Gasteiger charge is -2.46. The minimum atomic E-state index is -0.0930. The van der Waals surface area contributed by atoms with Crippen molar-refractivity contribution in [3.8, 4) is 0 Å². The quantitative estimate of drug-likeness (QED) is 0.700. The molecule has 1 aromatic carbocycles. The third-order valence-corrected chi connectivity index (χ3v) is 5.47. The van der Waals surface area contributed by atoms with Crippen molar-refractivity contribution >= 4 is 16.9 Å². The number of nitrogens with one attached hydrogen (secondary N) is 1. The Morgan fingerprint density at radius 2 is 2.39 bits per heavy atom. The lowest BCUT2D eigenvalue weighted by molar-refractivity contribution is -0.148. The van der Waals surface area contributed by atoms with Gasteiger partial charge in [-0.05, 0) is 30.0 Å². The standard InChI is InChI=1S/C19H22N2O2/c1-3-7-21-11-13(19(22)23-2)8-15-14-5-4-6-16-18(14)12(10-20-16)9-17(15)21/h3-6,10,13,15,17,20H,1,7-9,11H2,2H3. The molecule has 0 radical (unpaired) electrons. The Balaban J connectivity index is 1.79. The van der Waals surface area contributed by atoms with Crippen LogP contribution in [0.15, 0.2) is 37.1 Å². The van der Waals surface area contributed by atoms with Crippen LogP contribution < -0.4 is 0 Å².